The lowest BCUT2D eigenvalue weighted by atomic mass is 10.1. The summed E-state index contributed by atoms with van der Waals surface area (Å²) in [5.74, 6) is -0.632. The van der Waals surface area contributed by atoms with Crippen LogP contribution in [0, 0.1) is 0 Å². The molecule has 0 spiro atoms. The number of imidazole rings is 3. The Kier molecular flexibility index (Phi) is 12.9. The number of aliphatic hydroxyl groups excluding tert-OH is 4. The lowest BCUT2D eigenvalue weighted by molar-refractivity contribution is -0.0656. The SMILES string of the molecule is Nc1ncnc2c1[nH]c(=O)n2[C@@H]1O[C@H](COP(=O)(O)O[C@@H]2[C@H](O)[C@@H](COP(=O)(O)O[C@@H]3[C@H](O)[C@@H](COP(=O)(O)O)O[C@H]3n3c(=O)[nH]c4c(N)ncnc43)O[C@H]2n2c(=O)[nH]c3c(N)ncnc32)[C@@H](O)[C@H]1O. The molecule has 3 fully saturated rings. The molecule has 3 saturated heterocycles. The van der Waals surface area contributed by atoms with Crippen molar-refractivity contribution >= 4 is 74.4 Å². The zero-order valence-corrected chi connectivity index (χ0v) is 37.4. The van der Waals surface area contributed by atoms with Gasteiger partial charge >= 0.3 is 40.5 Å². The highest BCUT2D eigenvalue weighted by Crippen LogP contribution is 2.53. The van der Waals surface area contributed by atoms with Crippen molar-refractivity contribution in [2.24, 2.45) is 0 Å². The number of nitrogens with zero attached hydrogens (tertiary/aromatic N) is 9. The van der Waals surface area contributed by atoms with Gasteiger partial charge < -0.3 is 86.4 Å². The molecule has 37 nitrogen and oxygen atoms in total. The molecule has 9 heterocycles. The molecule has 40 heteroatoms. The zero-order valence-electron chi connectivity index (χ0n) is 34.7. The largest absolute Gasteiger partial charge is 0.472 e. The van der Waals surface area contributed by atoms with Gasteiger partial charge in [-0.2, -0.15) is 0 Å². The number of rotatable bonds is 16. The smallest absolute Gasteiger partial charge is 0.387 e. The van der Waals surface area contributed by atoms with Gasteiger partial charge in [0.25, 0.3) is 0 Å². The number of ether oxygens (including phenoxy) is 3. The summed E-state index contributed by atoms with van der Waals surface area (Å²) >= 11 is 0. The van der Waals surface area contributed by atoms with Gasteiger partial charge in [-0.05, 0) is 0 Å². The Labute approximate surface area is 384 Å². The first-order chi connectivity index (χ1) is 32.9. The number of nitrogen functional groups attached to an aromatic ring is 3. The molecule has 3 aliphatic heterocycles. The van der Waals surface area contributed by atoms with E-state index in [2.05, 4.69) is 49.4 Å². The maximum absolute atomic E-state index is 13.7. The van der Waals surface area contributed by atoms with Crippen molar-refractivity contribution in [2.45, 2.75) is 73.6 Å². The van der Waals surface area contributed by atoms with Crippen molar-refractivity contribution in [1.29, 1.82) is 0 Å². The van der Waals surface area contributed by atoms with E-state index in [-0.39, 0.29) is 50.9 Å². The molecular weight excluding hydrogens is 1020 g/mol. The summed E-state index contributed by atoms with van der Waals surface area (Å²) in [6, 6.07) is 0. The van der Waals surface area contributed by atoms with Gasteiger partial charge in [0.15, 0.2) is 53.1 Å². The van der Waals surface area contributed by atoms with Gasteiger partial charge in [-0.15, -0.1) is 0 Å². The highest BCUT2D eigenvalue weighted by molar-refractivity contribution is 7.47. The Bertz CT molecular complexity index is 3300. The van der Waals surface area contributed by atoms with Crippen LogP contribution in [0.1, 0.15) is 18.7 Å². The lowest BCUT2D eigenvalue weighted by Crippen LogP contribution is -2.38. The monoisotopic (exact) mass is 1050 g/mol. The molecule has 0 saturated carbocycles. The van der Waals surface area contributed by atoms with Gasteiger partial charge in [-0.3, -0.25) is 22.6 Å². The molecule has 6 aromatic rings. The van der Waals surface area contributed by atoms with Crippen molar-refractivity contribution in [3.05, 3.63) is 50.4 Å². The fourth-order valence-electron chi connectivity index (χ4n) is 7.88. The first-order valence-electron chi connectivity index (χ1n) is 19.8. The van der Waals surface area contributed by atoms with E-state index in [1.807, 2.05) is 0 Å². The molecule has 0 radical (unpaired) electrons. The number of nitrogens with two attached hydrogens (primary N) is 3. The van der Waals surface area contributed by atoms with E-state index in [4.69, 9.17) is 49.5 Å². The van der Waals surface area contributed by atoms with Crippen LogP contribution < -0.4 is 34.3 Å². The molecule has 9 rings (SSSR count). The van der Waals surface area contributed by atoms with Crippen molar-refractivity contribution in [3.8, 4) is 0 Å². The molecule has 0 bridgehead atoms. The van der Waals surface area contributed by atoms with Crippen molar-refractivity contribution in [3.63, 3.8) is 0 Å². The van der Waals surface area contributed by atoms with Crippen LogP contribution in [0.2, 0.25) is 0 Å². The van der Waals surface area contributed by atoms with Crippen LogP contribution in [0.4, 0.5) is 17.5 Å². The number of aromatic amines is 3. The molecule has 3 aliphatic rings. The van der Waals surface area contributed by atoms with Crippen molar-refractivity contribution < 1.29 is 90.5 Å². The average molecular weight is 1050 g/mol. The first kappa shape index (κ1) is 49.5. The summed E-state index contributed by atoms with van der Waals surface area (Å²) in [4.78, 5) is 110. The maximum atomic E-state index is 13.7. The van der Waals surface area contributed by atoms with Gasteiger partial charge in [0.1, 0.15) is 90.5 Å². The summed E-state index contributed by atoms with van der Waals surface area (Å²) in [5.41, 5.74) is 13.4. The molecular formula is C30H38N15O22P3. The van der Waals surface area contributed by atoms with Gasteiger partial charge in [0, 0.05) is 0 Å². The van der Waals surface area contributed by atoms with Crippen LogP contribution in [-0.4, -0.2) is 173 Å². The van der Waals surface area contributed by atoms with Crippen molar-refractivity contribution in [1.82, 2.24) is 58.6 Å². The predicted octanol–water partition coefficient (Wildman–Crippen LogP) is -5.62. The Morgan fingerprint density at radius 3 is 1.21 bits per heavy atom. The standard InChI is InChI=1S/C30H38N15O22P3/c31-19-10-22(37-4-34-19)43(28(50)40-10)25-16(49)13(46)7(63-25)2-61-69(56,57)67-18-15(48)9(65-27(18)45-24-12(42-30(45)52)21(33)36-6-39-24)3-62-70(58,59)66-17-14(47)8(1-60-68(53,54)55)64-26(17)44-23-11(41-29(44)51)20(32)35-5-38-23/h4-9,13-18,25-27,46-49H,1-3H2,(H,40,50)(H,41,51)(H,42,52)(H,56,57)(H,58,59)(H2,31,34,37)(H2,32,35,38)(H2,33,36,39)(H2,53,54,55)/t7-,8-,9-,13-,14-,15-,16-,17-,18-,25-,26-,27-/m1/s1. The summed E-state index contributed by atoms with van der Waals surface area (Å²) in [5, 5.41) is 44.4. The van der Waals surface area contributed by atoms with E-state index >= 15 is 0 Å². The average Bonchev–Trinajstić information content (AvgIpc) is 4.11. The Morgan fingerprint density at radius 1 is 0.514 bits per heavy atom. The van der Waals surface area contributed by atoms with E-state index in [9.17, 15) is 68.1 Å². The van der Waals surface area contributed by atoms with Gasteiger partial charge in [0.05, 0.1) is 19.8 Å². The van der Waals surface area contributed by atoms with Crippen LogP contribution in [-0.2, 0) is 50.5 Å². The fraction of sp³-hybridized carbons (Fsp3) is 0.500. The van der Waals surface area contributed by atoms with Crippen LogP contribution in [0.25, 0.3) is 33.5 Å². The molecule has 0 aliphatic carbocycles. The topological polar surface area (TPSA) is 556 Å². The lowest BCUT2D eigenvalue weighted by Gasteiger charge is -2.25. The number of hydrogen-bond acceptors (Lipinski definition) is 27. The number of nitrogens with one attached hydrogen (secondary N) is 3. The maximum Gasteiger partial charge on any atom is 0.472 e. The van der Waals surface area contributed by atoms with E-state index in [0.717, 1.165) is 23.5 Å². The zero-order chi connectivity index (χ0) is 50.4. The highest BCUT2D eigenvalue weighted by Gasteiger charge is 2.54. The Balaban J connectivity index is 0.944. The second-order valence-corrected chi connectivity index (χ2v) is 19.4. The van der Waals surface area contributed by atoms with E-state index in [0.29, 0.717) is 9.13 Å². The van der Waals surface area contributed by atoms with Gasteiger partial charge in [-0.25, -0.2) is 71.7 Å². The van der Waals surface area contributed by atoms with Crippen LogP contribution in [0.3, 0.4) is 0 Å². The number of phosphoric acid groups is 3. The minimum atomic E-state index is -5.62. The number of H-pyrrole nitrogens is 3. The summed E-state index contributed by atoms with van der Waals surface area (Å²) in [6.07, 6.45) is -20.5. The predicted molar refractivity (Wildman–Crippen MR) is 223 cm³/mol. The third-order valence-electron chi connectivity index (χ3n) is 11.1. The number of aliphatic hydroxyl groups is 4. The molecule has 17 N–H and O–H groups in total. The number of fused-ring (bicyclic) bond motifs is 3. The number of aromatic nitrogens is 12. The van der Waals surface area contributed by atoms with E-state index < -0.39 is 134 Å². The quantitative estimate of drug-likeness (QED) is 0.0402. The van der Waals surface area contributed by atoms with Crippen LogP contribution in [0.5, 0.6) is 0 Å². The minimum absolute atomic E-state index is 0.0288. The van der Waals surface area contributed by atoms with Crippen LogP contribution in [0.15, 0.2) is 33.4 Å². The fourth-order valence-corrected chi connectivity index (χ4v) is 10.1. The Hall–Kier alpha value is -5.50. The second-order valence-electron chi connectivity index (χ2n) is 15.4. The molecule has 0 amide bonds. The molecule has 6 aromatic heterocycles. The summed E-state index contributed by atoms with van der Waals surface area (Å²) < 4.78 is 83.3. The number of hydrogen-bond donors (Lipinski definition) is 14. The summed E-state index contributed by atoms with van der Waals surface area (Å²) in [6.45, 7) is -3.32. The third-order valence-corrected chi connectivity index (χ3v) is 13.5. The summed E-state index contributed by atoms with van der Waals surface area (Å²) in [7, 11) is -16.4. The van der Waals surface area contributed by atoms with Gasteiger partial charge in [-0.1, -0.05) is 0 Å². The highest BCUT2D eigenvalue weighted by atomic mass is 31.2. The Morgan fingerprint density at radius 2 is 0.843 bits per heavy atom. The normalized spacial score (nSPS) is 30.2. The molecule has 14 atom stereocenters. The van der Waals surface area contributed by atoms with Crippen LogP contribution >= 0.6 is 23.5 Å². The second kappa shape index (κ2) is 18.3. The number of anilines is 3. The molecule has 0 aromatic carbocycles. The van der Waals surface area contributed by atoms with Gasteiger partial charge in [0.2, 0.25) is 0 Å². The van der Waals surface area contributed by atoms with Crippen molar-refractivity contribution in [2.75, 3.05) is 37.0 Å². The minimum Gasteiger partial charge on any atom is -0.387 e. The third kappa shape index (κ3) is 9.18. The van der Waals surface area contributed by atoms with E-state index in [1.54, 1.807) is 0 Å². The van der Waals surface area contributed by atoms with E-state index in [1.165, 1.54) is 0 Å². The molecule has 70 heavy (non-hydrogen) atoms. The first-order valence-corrected chi connectivity index (χ1v) is 24.3. The molecule has 2 unspecified atom stereocenters. The number of phosphoric ester groups is 3. The molecule has 380 valence electrons.